The van der Waals surface area contributed by atoms with Gasteiger partial charge in [0.25, 0.3) is 0 Å². The van der Waals surface area contributed by atoms with Crippen LogP contribution in [0.3, 0.4) is 0 Å². The summed E-state index contributed by atoms with van der Waals surface area (Å²) in [6.45, 7) is 0.441. The van der Waals surface area contributed by atoms with E-state index in [0.717, 1.165) is 42.1 Å². The van der Waals surface area contributed by atoms with Gasteiger partial charge in [-0.25, -0.2) is 0 Å². The van der Waals surface area contributed by atoms with E-state index in [1.165, 1.54) is 6.07 Å². The molecule has 2 heterocycles. The van der Waals surface area contributed by atoms with E-state index in [-0.39, 0.29) is 0 Å². The van der Waals surface area contributed by atoms with Crippen LogP contribution >= 0.6 is 0 Å². The van der Waals surface area contributed by atoms with Crippen LogP contribution < -0.4 is 5.32 Å². The molecule has 2 aliphatic rings. The molecule has 25 heavy (non-hydrogen) atoms. The Balaban J connectivity index is 1.99. The van der Waals surface area contributed by atoms with Crippen molar-refractivity contribution in [2.75, 3.05) is 13.6 Å². The molecule has 1 aliphatic carbocycles. The predicted octanol–water partition coefficient (Wildman–Crippen LogP) is 3.70. The van der Waals surface area contributed by atoms with Crippen molar-refractivity contribution >= 4 is 5.84 Å². The third-order valence-electron chi connectivity index (χ3n) is 5.28. The lowest BCUT2D eigenvalue weighted by molar-refractivity contribution is -0.137. The Morgan fingerprint density at radius 1 is 1.16 bits per heavy atom. The molecule has 1 aromatic carbocycles. The van der Waals surface area contributed by atoms with Crippen LogP contribution in [0, 0.1) is 0 Å². The number of halogens is 3. The molecule has 1 unspecified atom stereocenters. The highest BCUT2D eigenvalue weighted by atomic mass is 19.4. The zero-order chi connectivity index (χ0) is 17.7. The summed E-state index contributed by atoms with van der Waals surface area (Å²) in [5, 5.41) is 3.02. The van der Waals surface area contributed by atoms with Crippen LogP contribution in [0.15, 0.2) is 41.5 Å². The molecule has 0 saturated heterocycles. The second kappa shape index (κ2) is 5.58. The molecule has 130 valence electrons. The summed E-state index contributed by atoms with van der Waals surface area (Å²) in [5.41, 5.74) is 2.30. The minimum atomic E-state index is -4.36. The zero-order valence-electron chi connectivity index (χ0n) is 13.8. The maximum Gasteiger partial charge on any atom is 0.416 e. The Morgan fingerprint density at radius 3 is 2.76 bits per heavy atom. The van der Waals surface area contributed by atoms with Crippen LogP contribution in [0.5, 0.6) is 0 Å². The van der Waals surface area contributed by atoms with Crippen molar-refractivity contribution in [3.8, 4) is 0 Å². The van der Waals surface area contributed by atoms with Gasteiger partial charge in [0, 0.05) is 29.9 Å². The fraction of sp³-hybridized carbons (Fsp3) is 0.368. The maximum atomic E-state index is 13.3. The number of aryl methyl sites for hydroxylation is 1. The number of alkyl halides is 3. The summed E-state index contributed by atoms with van der Waals surface area (Å²) in [5.74, 6) is 0.644. The Bertz CT molecular complexity index is 857. The van der Waals surface area contributed by atoms with Gasteiger partial charge in [0.1, 0.15) is 5.84 Å². The number of fused-ring (bicyclic) bond motifs is 4. The van der Waals surface area contributed by atoms with Gasteiger partial charge >= 0.3 is 6.18 Å². The van der Waals surface area contributed by atoms with E-state index >= 15 is 0 Å². The second-order valence-electron chi connectivity index (χ2n) is 6.61. The molecule has 0 amide bonds. The van der Waals surface area contributed by atoms with Crippen molar-refractivity contribution in [2.45, 2.75) is 30.9 Å². The molecule has 0 radical (unpaired) electrons. The Morgan fingerprint density at radius 2 is 2.00 bits per heavy atom. The van der Waals surface area contributed by atoms with Crippen LogP contribution in [0.4, 0.5) is 13.2 Å². The summed E-state index contributed by atoms with van der Waals surface area (Å²) in [6, 6.07) is 7.84. The maximum absolute atomic E-state index is 13.3. The number of nitrogens with one attached hydrogen (secondary N) is 1. The molecule has 3 nitrogen and oxygen atoms in total. The minimum Gasteiger partial charge on any atom is -0.373 e. The van der Waals surface area contributed by atoms with Gasteiger partial charge in [-0.15, -0.1) is 0 Å². The summed E-state index contributed by atoms with van der Waals surface area (Å²) in [4.78, 5) is 9.12. The number of amidine groups is 1. The summed E-state index contributed by atoms with van der Waals surface area (Å²) >= 11 is 0. The van der Waals surface area contributed by atoms with Crippen molar-refractivity contribution < 1.29 is 13.2 Å². The molecular weight excluding hydrogens is 327 g/mol. The quantitative estimate of drug-likeness (QED) is 0.790. The molecule has 0 bridgehead atoms. The van der Waals surface area contributed by atoms with Crippen molar-refractivity contribution in [2.24, 2.45) is 4.99 Å². The van der Waals surface area contributed by atoms with E-state index in [0.29, 0.717) is 17.9 Å². The summed E-state index contributed by atoms with van der Waals surface area (Å²) < 4.78 is 40.0. The van der Waals surface area contributed by atoms with Gasteiger partial charge in [0.2, 0.25) is 0 Å². The van der Waals surface area contributed by atoms with E-state index in [4.69, 9.17) is 0 Å². The SMILES string of the molecule is CNC1=NCC2(CCCc3ncccc32)c2cc(C(F)(F)F)ccc21. The average Bonchev–Trinajstić information content (AvgIpc) is 2.61. The number of aliphatic imine (C=N–C) groups is 1. The highest BCUT2D eigenvalue weighted by Crippen LogP contribution is 2.46. The molecular formula is C19H18F3N3. The first-order valence-corrected chi connectivity index (χ1v) is 8.34. The van der Waals surface area contributed by atoms with Crippen molar-refractivity contribution in [3.63, 3.8) is 0 Å². The third kappa shape index (κ3) is 2.42. The standard InChI is InChI=1S/C19H18F3N3/c1-23-17-13-7-6-12(19(20,21)22)10-15(13)18(11-25-17)8-2-5-16-14(18)4-3-9-24-16/h3-4,6-7,9-10H,2,5,8,11H2,1H3,(H,23,25). The number of nitrogens with zero attached hydrogens (tertiary/aromatic N) is 2. The average molecular weight is 345 g/mol. The van der Waals surface area contributed by atoms with Gasteiger partial charge in [-0.1, -0.05) is 12.1 Å². The van der Waals surface area contributed by atoms with Crippen LogP contribution in [0.1, 0.15) is 40.8 Å². The molecule has 4 rings (SSSR count). The van der Waals surface area contributed by atoms with Crippen molar-refractivity contribution in [3.05, 3.63) is 64.5 Å². The zero-order valence-corrected chi connectivity index (χ0v) is 13.8. The van der Waals surface area contributed by atoms with Crippen LogP contribution in [0.25, 0.3) is 0 Å². The lowest BCUT2D eigenvalue weighted by Gasteiger charge is -2.42. The van der Waals surface area contributed by atoms with Gasteiger partial charge in [-0.3, -0.25) is 9.98 Å². The monoisotopic (exact) mass is 345 g/mol. The number of pyridine rings is 1. The molecule has 2 aromatic rings. The first-order valence-electron chi connectivity index (χ1n) is 8.34. The van der Waals surface area contributed by atoms with Gasteiger partial charge in [-0.05, 0) is 48.6 Å². The first kappa shape index (κ1) is 16.1. The Hall–Kier alpha value is -2.37. The largest absolute Gasteiger partial charge is 0.416 e. The van der Waals surface area contributed by atoms with E-state index in [9.17, 15) is 13.2 Å². The fourth-order valence-corrected chi connectivity index (χ4v) is 4.13. The highest BCUT2D eigenvalue weighted by molar-refractivity contribution is 6.01. The molecule has 1 aromatic heterocycles. The molecule has 1 aliphatic heterocycles. The Kier molecular flexibility index (Phi) is 3.60. The van der Waals surface area contributed by atoms with Crippen LogP contribution in [-0.4, -0.2) is 24.4 Å². The minimum absolute atomic E-state index is 0.441. The van der Waals surface area contributed by atoms with Crippen molar-refractivity contribution in [1.29, 1.82) is 0 Å². The predicted molar refractivity (Wildman–Crippen MR) is 89.9 cm³/mol. The highest BCUT2D eigenvalue weighted by Gasteiger charge is 2.44. The number of rotatable bonds is 0. The third-order valence-corrected chi connectivity index (χ3v) is 5.28. The normalized spacial score (nSPS) is 22.2. The molecule has 1 spiro atoms. The molecule has 1 N–H and O–H groups in total. The van der Waals surface area contributed by atoms with E-state index in [1.54, 1.807) is 19.3 Å². The Labute approximate surface area is 144 Å². The molecule has 0 saturated carbocycles. The van der Waals surface area contributed by atoms with Gasteiger partial charge in [0.15, 0.2) is 0 Å². The van der Waals surface area contributed by atoms with Gasteiger partial charge < -0.3 is 5.32 Å². The summed E-state index contributed by atoms with van der Waals surface area (Å²) in [6.07, 6.45) is -0.0908. The number of hydrogen-bond donors (Lipinski definition) is 1. The number of aromatic nitrogens is 1. The van der Waals surface area contributed by atoms with Gasteiger partial charge in [0.05, 0.1) is 12.1 Å². The second-order valence-corrected chi connectivity index (χ2v) is 6.61. The van der Waals surface area contributed by atoms with E-state index in [1.807, 2.05) is 12.1 Å². The molecule has 0 fully saturated rings. The van der Waals surface area contributed by atoms with Crippen LogP contribution in [-0.2, 0) is 18.0 Å². The molecule has 6 heteroatoms. The topological polar surface area (TPSA) is 37.3 Å². The van der Waals surface area contributed by atoms with Crippen LogP contribution in [0.2, 0.25) is 0 Å². The molecule has 1 atom stereocenters. The fourth-order valence-electron chi connectivity index (χ4n) is 4.13. The lowest BCUT2D eigenvalue weighted by Crippen LogP contribution is -2.42. The number of benzene rings is 1. The van der Waals surface area contributed by atoms with Gasteiger partial charge in [-0.2, -0.15) is 13.2 Å². The number of hydrogen-bond acceptors (Lipinski definition) is 3. The van der Waals surface area contributed by atoms with E-state index in [2.05, 4.69) is 15.3 Å². The summed E-state index contributed by atoms with van der Waals surface area (Å²) in [7, 11) is 1.74. The smallest absolute Gasteiger partial charge is 0.373 e. The lowest BCUT2D eigenvalue weighted by atomic mass is 9.64. The first-order chi connectivity index (χ1) is 12.0. The van der Waals surface area contributed by atoms with Crippen molar-refractivity contribution in [1.82, 2.24) is 10.3 Å². The van der Waals surface area contributed by atoms with E-state index < -0.39 is 17.2 Å².